The quantitative estimate of drug-likeness (QED) is 0.443. The Morgan fingerprint density at radius 3 is 2.48 bits per heavy atom. The van der Waals surface area contributed by atoms with Crippen LogP contribution >= 0.6 is 0 Å². The van der Waals surface area contributed by atoms with Gasteiger partial charge in [-0.2, -0.15) is 0 Å². The molecule has 3 amide bonds. The van der Waals surface area contributed by atoms with Crippen molar-refractivity contribution in [3.8, 4) is 0 Å². The van der Waals surface area contributed by atoms with Crippen LogP contribution in [-0.2, 0) is 6.54 Å². The molecule has 33 heavy (non-hydrogen) atoms. The molecule has 2 N–H and O–H groups in total. The van der Waals surface area contributed by atoms with Gasteiger partial charge >= 0.3 is 6.09 Å². The second-order valence-electron chi connectivity index (χ2n) is 8.40. The first-order valence-electron chi connectivity index (χ1n) is 11.3. The van der Waals surface area contributed by atoms with E-state index in [-0.39, 0.29) is 17.9 Å². The van der Waals surface area contributed by atoms with Crippen LogP contribution in [0.15, 0.2) is 48.7 Å². The summed E-state index contributed by atoms with van der Waals surface area (Å²) in [5.74, 6) is -0.461. The number of rotatable bonds is 9. The van der Waals surface area contributed by atoms with Gasteiger partial charge in [-0.15, -0.1) is 0 Å². The number of hydrogen-bond donors (Lipinski definition) is 2. The minimum atomic E-state index is -0.898. The highest BCUT2D eigenvalue weighted by Gasteiger charge is 2.34. The Morgan fingerprint density at radius 2 is 1.82 bits per heavy atom. The zero-order valence-electron chi connectivity index (χ0n) is 18.5. The first kappa shape index (κ1) is 22.9. The van der Waals surface area contributed by atoms with E-state index in [1.54, 1.807) is 30.5 Å². The van der Waals surface area contributed by atoms with Gasteiger partial charge in [-0.1, -0.05) is 18.2 Å². The Balaban J connectivity index is 1.35. The number of hydrogen-bond acceptors (Lipinski definition) is 6. The first-order valence-corrected chi connectivity index (χ1v) is 11.3. The molecule has 2 aliphatic rings. The zero-order chi connectivity index (χ0) is 23.2. The maximum atomic E-state index is 12.6. The minimum Gasteiger partial charge on any atom is -0.465 e. The smallest absolute Gasteiger partial charge is 0.407 e. The predicted octanol–water partition coefficient (Wildman–Crippen LogP) is 1.91. The van der Waals surface area contributed by atoms with Crippen molar-refractivity contribution in [2.45, 2.75) is 25.4 Å². The molecule has 2 aliphatic heterocycles. The van der Waals surface area contributed by atoms with E-state index in [0.29, 0.717) is 63.4 Å². The molecule has 4 rings (SSSR count). The van der Waals surface area contributed by atoms with Crippen molar-refractivity contribution < 1.29 is 19.5 Å². The lowest BCUT2D eigenvalue weighted by molar-refractivity contribution is 0.0649. The Kier molecular flexibility index (Phi) is 7.31. The van der Waals surface area contributed by atoms with Crippen LogP contribution in [0.25, 0.3) is 0 Å². The molecular formula is C24H29N5O4. The van der Waals surface area contributed by atoms with Gasteiger partial charge in [0.1, 0.15) is 0 Å². The van der Waals surface area contributed by atoms with Gasteiger partial charge in [0.25, 0.3) is 11.8 Å². The van der Waals surface area contributed by atoms with Gasteiger partial charge in [-0.3, -0.25) is 24.4 Å². The molecule has 0 bridgehead atoms. The summed E-state index contributed by atoms with van der Waals surface area (Å²) in [5.41, 5.74) is 1.86. The molecule has 1 aromatic heterocycles. The number of carboxylic acid groups (broad SMARTS) is 1. The highest BCUT2D eigenvalue weighted by atomic mass is 16.4. The average Bonchev–Trinajstić information content (AvgIpc) is 3.07. The molecule has 2 aromatic rings. The van der Waals surface area contributed by atoms with Gasteiger partial charge in [0.2, 0.25) is 0 Å². The molecule has 174 valence electrons. The SMILES string of the molecule is O=C1c2ccccc2C(=O)N1CCCCN(Cc1ccccn1)CC1CNCCN1C(=O)O. The van der Waals surface area contributed by atoms with Gasteiger partial charge in [0.15, 0.2) is 0 Å². The maximum absolute atomic E-state index is 12.6. The summed E-state index contributed by atoms with van der Waals surface area (Å²) in [6, 6.07) is 12.5. The lowest BCUT2D eigenvalue weighted by atomic mass is 10.1. The number of nitrogens with zero attached hydrogens (tertiary/aromatic N) is 4. The molecule has 0 aliphatic carbocycles. The third-order valence-electron chi connectivity index (χ3n) is 6.16. The lowest BCUT2D eigenvalue weighted by Gasteiger charge is -2.37. The first-order chi connectivity index (χ1) is 16.0. The molecule has 1 aromatic carbocycles. The van der Waals surface area contributed by atoms with E-state index in [1.165, 1.54) is 9.80 Å². The summed E-state index contributed by atoms with van der Waals surface area (Å²) in [6.07, 6.45) is 2.30. The monoisotopic (exact) mass is 451 g/mol. The summed E-state index contributed by atoms with van der Waals surface area (Å²) in [6.45, 7) is 4.01. The largest absolute Gasteiger partial charge is 0.465 e. The number of piperazine rings is 1. The van der Waals surface area contributed by atoms with E-state index >= 15 is 0 Å². The number of fused-ring (bicyclic) bond motifs is 1. The van der Waals surface area contributed by atoms with Gasteiger partial charge < -0.3 is 15.3 Å². The average molecular weight is 452 g/mol. The molecule has 1 saturated heterocycles. The van der Waals surface area contributed by atoms with Crippen molar-refractivity contribution >= 4 is 17.9 Å². The van der Waals surface area contributed by atoms with E-state index in [9.17, 15) is 19.5 Å². The molecule has 0 saturated carbocycles. The summed E-state index contributed by atoms with van der Waals surface area (Å²) in [7, 11) is 0. The Bertz CT molecular complexity index is 964. The number of pyridine rings is 1. The summed E-state index contributed by atoms with van der Waals surface area (Å²) < 4.78 is 0. The van der Waals surface area contributed by atoms with E-state index < -0.39 is 6.09 Å². The number of benzene rings is 1. The molecule has 1 unspecified atom stereocenters. The minimum absolute atomic E-state index is 0.142. The Labute approximate surface area is 193 Å². The van der Waals surface area contributed by atoms with Gasteiger partial charge in [0, 0.05) is 45.5 Å². The highest BCUT2D eigenvalue weighted by Crippen LogP contribution is 2.22. The van der Waals surface area contributed by atoms with Crippen LogP contribution in [0.4, 0.5) is 4.79 Å². The van der Waals surface area contributed by atoms with Crippen LogP contribution in [0.1, 0.15) is 39.3 Å². The predicted molar refractivity (Wildman–Crippen MR) is 122 cm³/mol. The molecule has 1 atom stereocenters. The van der Waals surface area contributed by atoms with Crippen LogP contribution in [0, 0.1) is 0 Å². The number of carbonyl (C=O) groups is 3. The fourth-order valence-electron chi connectivity index (χ4n) is 4.48. The molecule has 9 nitrogen and oxygen atoms in total. The number of unbranched alkanes of at least 4 members (excludes halogenated alkanes) is 1. The van der Waals surface area contributed by atoms with Crippen molar-refractivity contribution in [3.05, 3.63) is 65.5 Å². The Morgan fingerprint density at radius 1 is 1.09 bits per heavy atom. The number of amides is 3. The van der Waals surface area contributed by atoms with Crippen molar-refractivity contribution in [2.75, 3.05) is 39.3 Å². The third kappa shape index (κ3) is 5.37. The second-order valence-corrected chi connectivity index (χ2v) is 8.40. The Hall–Kier alpha value is -3.30. The van der Waals surface area contributed by atoms with Crippen molar-refractivity contribution in [1.29, 1.82) is 0 Å². The fraction of sp³-hybridized carbons (Fsp3) is 0.417. The standard InChI is InChI=1S/C24H29N5O4/c30-22-20-8-1-2-9-21(20)23(31)29(22)13-6-5-12-27(16-18-7-3-4-10-26-18)17-19-15-25-11-14-28(19)24(32)33/h1-4,7-10,19,25H,5-6,11-17H2,(H,32,33). The third-order valence-corrected chi connectivity index (χ3v) is 6.16. The van der Waals surface area contributed by atoms with Crippen molar-refractivity contribution in [1.82, 2.24) is 25.0 Å². The van der Waals surface area contributed by atoms with E-state index in [2.05, 4.69) is 15.2 Å². The van der Waals surface area contributed by atoms with Gasteiger partial charge in [-0.25, -0.2) is 4.79 Å². The van der Waals surface area contributed by atoms with Crippen molar-refractivity contribution in [3.63, 3.8) is 0 Å². The molecule has 9 heteroatoms. The lowest BCUT2D eigenvalue weighted by Crippen LogP contribution is -2.57. The summed E-state index contributed by atoms with van der Waals surface area (Å²) in [4.78, 5) is 46.2. The number of aromatic nitrogens is 1. The van der Waals surface area contributed by atoms with Gasteiger partial charge in [-0.05, 0) is 43.7 Å². The number of carbonyl (C=O) groups excluding carboxylic acids is 2. The van der Waals surface area contributed by atoms with E-state index in [0.717, 1.165) is 12.1 Å². The summed E-state index contributed by atoms with van der Waals surface area (Å²) >= 11 is 0. The van der Waals surface area contributed by atoms with E-state index in [1.807, 2.05) is 18.2 Å². The van der Waals surface area contributed by atoms with Gasteiger partial charge in [0.05, 0.1) is 22.9 Å². The normalized spacial score (nSPS) is 18.2. The highest BCUT2D eigenvalue weighted by molar-refractivity contribution is 6.21. The summed E-state index contributed by atoms with van der Waals surface area (Å²) in [5, 5.41) is 12.9. The molecule has 3 heterocycles. The van der Waals surface area contributed by atoms with Crippen LogP contribution in [0.2, 0.25) is 0 Å². The maximum Gasteiger partial charge on any atom is 0.407 e. The van der Waals surface area contributed by atoms with Crippen LogP contribution in [0.5, 0.6) is 0 Å². The van der Waals surface area contributed by atoms with Crippen LogP contribution in [0.3, 0.4) is 0 Å². The zero-order valence-corrected chi connectivity index (χ0v) is 18.5. The molecule has 0 radical (unpaired) electrons. The van der Waals surface area contributed by atoms with Crippen LogP contribution < -0.4 is 5.32 Å². The van der Waals surface area contributed by atoms with Crippen LogP contribution in [-0.4, -0.2) is 88.0 Å². The van der Waals surface area contributed by atoms with E-state index in [4.69, 9.17) is 0 Å². The number of nitrogens with one attached hydrogen (secondary N) is 1. The molecular weight excluding hydrogens is 422 g/mol. The number of imide groups is 1. The topological polar surface area (TPSA) is 106 Å². The molecule has 0 spiro atoms. The second kappa shape index (κ2) is 10.5. The fourth-order valence-corrected chi connectivity index (χ4v) is 4.48. The van der Waals surface area contributed by atoms with Crippen molar-refractivity contribution in [2.24, 2.45) is 0 Å². The molecule has 1 fully saturated rings.